The summed E-state index contributed by atoms with van der Waals surface area (Å²) in [5, 5.41) is 10.5. The number of likely N-dealkylation sites (tertiary alicyclic amines) is 1. The summed E-state index contributed by atoms with van der Waals surface area (Å²) < 4.78 is 19.8. The van der Waals surface area contributed by atoms with Crippen LogP contribution in [-0.2, 0) is 7.05 Å². The maximum Gasteiger partial charge on any atom is 0.254 e. The van der Waals surface area contributed by atoms with Crippen LogP contribution in [0.25, 0.3) is 33.5 Å². The van der Waals surface area contributed by atoms with Crippen molar-refractivity contribution in [2.24, 2.45) is 18.7 Å². The molecule has 0 saturated carbocycles. The van der Waals surface area contributed by atoms with Crippen LogP contribution in [0.2, 0.25) is 0 Å². The third-order valence-corrected chi connectivity index (χ3v) is 8.88. The molecule has 1 amide bonds. The number of anilines is 1. The number of fused-ring (bicyclic) bond motifs is 1. The van der Waals surface area contributed by atoms with Gasteiger partial charge >= 0.3 is 0 Å². The SMILES string of the molecule is CCC1CN(CCCO)c2cccc3cc(-c4nc5cc(C(=O)N6C[C@@H](C)[C@@H](N)[C@H]6C)cc(F)c5n4C)n1c23. The standard InChI is InChI=1S/C30H37FN6O2/c1-5-21-16-35(10-7-11-38)24-9-6-8-19-14-25(37(21)27(19)24)29-33-23-13-20(12-22(31)28(23)34(29)4)30(39)36-15-17(2)26(32)18(36)3/h6,8-9,12-14,17-18,21,26,38H,5,7,10-11,15-16,32H2,1-4H3/t17-,18-,21?,26-/m1/s1. The molecule has 206 valence electrons. The molecule has 0 aliphatic carbocycles. The number of aromatic nitrogens is 3. The number of amides is 1. The van der Waals surface area contributed by atoms with E-state index in [-0.39, 0.29) is 36.6 Å². The van der Waals surface area contributed by atoms with Gasteiger partial charge in [-0.3, -0.25) is 4.79 Å². The van der Waals surface area contributed by atoms with Gasteiger partial charge in [0.25, 0.3) is 5.91 Å². The third-order valence-electron chi connectivity index (χ3n) is 8.88. The van der Waals surface area contributed by atoms with Gasteiger partial charge in [0.2, 0.25) is 0 Å². The fourth-order valence-electron chi connectivity index (χ4n) is 6.66. The van der Waals surface area contributed by atoms with E-state index in [4.69, 9.17) is 10.7 Å². The lowest BCUT2D eigenvalue weighted by atomic mass is 10.0. The molecule has 0 radical (unpaired) electrons. The van der Waals surface area contributed by atoms with E-state index in [2.05, 4.69) is 40.7 Å². The monoisotopic (exact) mass is 532 g/mol. The zero-order valence-electron chi connectivity index (χ0n) is 23.1. The molecule has 8 nitrogen and oxygen atoms in total. The van der Waals surface area contributed by atoms with Gasteiger partial charge in [-0.15, -0.1) is 0 Å². The van der Waals surface area contributed by atoms with Crippen molar-refractivity contribution in [2.45, 2.75) is 51.7 Å². The molecule has 2 aromatic carbocycles. The van der Waals surface area contributed by atoms with E-state index in [1.165, 1.54) is 6.07 Å². The molecule has 0 bridgehead atoms. The number of hydrogen-bond acceptors (Lipinski definition) is 5. The second kappa shape index (κ2) is 9.64. The summed E-state index contributed by atoms with van der Waals surface area (Å²) >= 11 is 0. The Hall–Kier alpha value is -3.43. The van der Waals surface area contributed by atoms with Crippen LogP contribution in [0.1, 0.15) is 50.0 Å². The average molecular weight is 533 g/mol. The van der Waals surface area contributed by atoms with Gasteiger partial charge in [0.05, 0.1) is 28.5 Å². The first-order chi connectivity index (χ1) is 18.7. The number of carbonyl (C=O) groups is 1. The van der Waals surface area contributed by atoms with Crippen molar-refractivity contribution in [3.63, 3.8) is 0 Å². The van der Waals surface area contributed by atoms with Crippen molar-refractivity contribution >= 4 is 33.5 Å². The van der Waals surface area contributed by atoms with Gasteiger partial charge in [-0.05, 0) is 49.9 Å². The van der Waals surface area contributed by atoms with Crippen molar-refractivity contribution in [1.29, 1.82) is 0 Å². The van der Waals surface area contributed by atoms with Gasteiger partial charge in [0, 0.05) is 56.3 Å². The summed E-state index contributed by atoms with van der Waals surface area (Å²) in [4.78, 5) is 22.4. The first-order valence-electron chi connectivity index (χ1n) is 14.0. The number of aliphatic hydroxyl groups is 1. The molecular weight excluding hydrogens is 495 g/mol. The topological polar surface area (TPSA) is 92.6 Å². The van der Waals surface area contributed by atoms with E-state index in [1.807, 2.05) is 20.9 Å². The first-order valence-corrected chi connectivity index (χ1v) is 14.0. The van der Waals surface area contributed by atoms with Crippen LogP contribution >= 0.6 is 0 Å². The normalized spacial score (nSPS) is 22.9. The van der Waals surface area contributed by atoms with Crippen LogP contribution in [0.4, 0.5) is 10.1 Å². The molecule has 2 aliphatic heterocycles. The fourth-order valence-corrected chi connectivity index (χ4v) is 6.66. The Morgan fingerprint density at radius 2 is 1.97 bits per heavy atom. The van der Waals surface area contributed by atoms with Crippen LogP contribution < -0.4 is 10.6 Å². The molecular formula is C30H37FN6O2. The lowest BCUT2D eigenvalue weighted by molar-refractivity contribution is 0.0739. The summed E-state index contributed by atoms with van der Waals surface area (Å²) in [5.41, 5.74) is 10.6. The van der Waals surface area contributed by atoms with Crippen LogP contribution in [0, 0.1) is 11.7 Å². The predicted molar refractivity (Wildman–Crippen MR) is 152 cm³/mol. The Labute approximate surface area is 227 Å². The molecule has 3 N–H and O–H groups in total. The number of nitrogens with two attached hydrogens (primary N) is 1. The minimum atomic E-state index is -0.459. The van der Waals surface area contributed by atoms with Crippen LogP contribution in [0.3, 0.4) is 0 Å². The van der Waals surface area contributed by atoms with E-state index >= 15 is 4.39 Å². The number of para-hydroxylation sites is 1. The van der Waals surface area contributed by atoms with Gasteiger partial charge < -0.3 is 29.8 Å². The summed E-state index contributed by atoms with van der Waals surface area (Å²) in [5.74, 6) is 0.190. The Balaban J connectivity index is 1.47. The molecule has 0 spiro atoms. The van der Waals surface area contributed by atoms with Crippen molar-refractivity contribution in [3.8, 4) is 11.5 Å². The van der Waals surface area contributed by atoms with Crippen LogP contribution in [-0.4, -0.2) is 68.4 Å². The van der Waals surface area contributed by atoms with E-state index in [0.717, 1.165) is 41.8 Å². The van der Waals surface area contributed by atoms with Gasteiger partial charge in [0.15, 0.2) is 5.82 Å². The number of nitrogens with zero attached hydrogens (tertiary/aromatic N) is 5. The van der Waals surface area contributed by atoms with Gasteiger partial charge in [0.1, 0.15) is 11.3 Å². The minimum Gasteiger partial charge on any atom is -0.396 e. The zero-order chi connectivity index (χ0) is 27.6. The second-order valence-corrected chi connectivity index (χ2v) is 11.3. The van der Waals surface area contributed by atoms with E-state index in [0.29, 0.717) is 35.4 Å². The zero-order valence-corrected chi connectivity index (χ0v) is 23.1. The third kappa shape index (κ3) is 3.93. The Kier molecular flexibility index (Phi) is 6.38. The van der Waals surface area contributed by atoms with E-state index in [9.17, 15) is 9.90 Å². The minimum absolute atomic E-state index is 0.0968. The molecule has 1 unspecified atom stereocenters. The van der Waals surface area contributed by atoms with E-state index < -0.39 is 5.82 Å². The molecule has 2 aromatic heterocycles. The summed E-state index contributed by atoms with van der Waals surface area (Å²) in [7, 11) is 1.83. The maximum atomic E-state index is 15.6. The number of benzene rings is 2. The van der Waals surface area contributed by atoms with Gasteiger partial charge in [-0.1, -0.05) is 26.0 Å². The molecule has 2 aliphatic rings. The quantitative estimate of drug-likeness (QED) is 0.386. The lowest BCUT2D eigenvalue weighted by Crippen LogP contribution is -2.41. The Bertz CT molecular complexity index is 1570. The smallest absolute Gasteiger partial charge is 0.254 e. The fraction of sp³-hybridized carbons (Fsp3) is 0.467. The van der Waals surface area contributed by atoms with Gasteiger partial charge in [-0.2, -0.15) is 0 Å². The number of carbonyl (C=O) groups excluding carboxylic acids is 1. The summed E-state index contributed by atoms with van der Waals surface area (Å²) in [6.45, 7) is 8.51. The molecule has 4 aromatic rings. The molecule has 9 heteroatoms. The number of aliphatic hydroxyl groups excluding tert-OH is 1. The molecule has 1 saturated heterocycles. The number of imidazole rings is 1. The number of rotatable bonds is 6. The number of aryl methyl sites for hydroxylation is 1. The van der Waals surface area contributed by atoms with Crippen molar-refractivity contribution < 1.29 is 14.3 Å². The highest BCUT2D eigenvalue weighted by atomic mass is 19.1. The molecule has 1 fully saturated rings. The highest BCUT2D eigenvalue weighted by Gasteiger charge is 2.37. The first kappa shape index (κ1) is 25.8. The predicted octanol–water partition coefficient (Wildman–Crippen LogP) is 4.30. The highest BCUT2D eigenvalue weighted by Crippen LogP contribution is 2.42. The molecule has 4 atom stereocenters. The lowest BCUT2D eigenvalue weighted by Gasteiger charge is -2.36. The molecule has 4 heterocycles. The summed E-state index contributed by atoms with van der Waals surface area (Å²) in [6, 6.07) is 11.5. The van der Waals surface area contributed by atoms with Crippen LogP contribution in [0.15, 0.2) is 36.4 Å². The molecule has 6 rings (SSSR count). The Morgan fingerprint density at radius 3 is 2.67 bits per heavy atom. The largest absolute Gasteiger partial charge is 0.396 e. The van der Waals surface area contributed by atoms with E-state index in [1.54, 1.807) is 15.5 Å². The van der Waals surface area contributed by atoms with Gasteiger partial charge in [-0.25, -0.2) is 9.37 Å². The van der Waals surface area contributed by atoms with Crippen LogP contribution in [0.5, 0.6) is 0 Å². The maximum absolute atomic E-state index is 15.6. The summed E-state index contributed by atoms with van der Waals surface area (Å²) in [6.07, 6.45) is 1.64. The number of halogens is 1. The second-order valence-electron chi connectivity index (χ2n) is 11.3. The van der Waals surface area contributed by atoms with Crippen molar-refractivity contribution in [1.82, 2.24) is 19.0 Å². The molecule has 39 heavy (non-hydrogen) atoms. The number of hydrogen-bond donors (Lipinski definition) is 2. The average Bonchev–Trinajstić information content (AvgIpc) is 3.56. The van der Waals surface area contributed by atoms with Crippen molar-refractivity contribution in [3.05, 3.63) is 47.8 Å². The van der Waals surface area contributed by atoms with Crippen molar-refractivity contribution in [2.75, 3.05) is 31.1 Å². The Morgan fingerprint density at radius 1 is 1.18 bits per heavy atom. The highest BCUT2D eigenvalue weighted by molar-refractivity contribution is 6.00.